The molecule has 78 valence electrons. The van der Waals surface area contributed by atoms with E-state index in [-0.39, 0.29) is 4.95 Å². The minimum Gasteiger partial charge on any atom is -0.495 e. The molecule has 0 spiro atoms. The normalized spacial score (nSPS) is 12.6. The number of benzene rings is 1. The largest absolute Gasteiger partial charge is 0.495 e. The van der Waals surface area contributed by atoms with Crippen LogP contribution < -0.4 is 10.1 Å². The SMILES string of the molecule is CNC(Br)c1ccc(OC)c(Cl)c1Cl. The molecule has 0 bridgehead atoms. The summed E-state index contributed by atoms with van der Waals surface area (Å²) in [5, 5.41) is 3.96. The molecule has 1 atom stereocenters. The van der Waals surface area contributed by atoms with E-state index in [1.165, 1.54) is 0 Å². The fraction of sp³-hybridized carbons (Fsp3) is 0.333. The van der Waals surface area contributed by atoms with Crippen LogP contribution in [0.4, 0.5) is 0 Å². The lowest BCUT2D eigenvalue weighted by atomic mass is 10.2. The topological polar surface area (TPSA) is 21.3 Å². The average Bonchev–Trinajstić information content (AvgIpc) is 2.21. The van der Waals surface area contributed by atoms with Crippen LogP contribution in [0.15, 0.2) is 12.1 Å². The van der Waals surface area contributed by atoms with Crippen molar-refractivity contribution in [1.29, 1.82) is 0 Å². The second-order valence-corrected chi connectivity index (χ2v) is 4.31. The van der Waals surface area contributed by atoms with Gasteiger partial charge in [0.15, 0.2) is 0 Å². The molecule has 0 fully saturated rings. The molecule has 0 aliphatic heterocycles. The van der Waals surface area contributed by atoms with Crippen molar-refractivity contribution < 1.29 is 4.74 Å². The monoisotopic (exact) mass is 297 g/mol. The van der Waals surface area contributed by atoms with Crippen LogP contribution in [0.1, 0.15) is 10.5 Å². The van der Waals surface area contributed by atoms with E-state index in [0.717, 1.165) is 5.56 Å². The lowest BCUT2D eigenvalue weighted by Crippen LogP contribution is -2.10. The predicted molar refractivity (Wildman–Crippen MR) is 63.7 cm³/mol. The number of alkyl halides is 1. The smallest absolute Gasteiger partial charge is 0.139 e. The number of rotatable bonds is 3. The van der Waals surface area contributed by atoms with Gasteiger partial charge in [-0.2, -0.15) is 0 Å². The molecule has 1 rings (SSSR count). The molecule has 14 heavy (non-hydrogen) atoms. The molecule has 0 radical (unpaired) electrons. The summed E-state index contributed by atoms with van der Waals surface area (Å²) in [6.07, 6.45) is 0. The number of nitrogens with one attached hydrogen (secondary N) is 1. The van der Waals surface area contributed by atoms with Crippen LogP contribution >= 0.6 is 39.1 Å². The fourth-order valence-corrected chi connectivity index (χ4v) is 2.08. The Morgan fingerprint density at radius 2 is 2.00 bits per heavy atom. The summed E-state index contributed by atoms with van der Waals surface area (Å²) in [5.41, 5.74) is 0.889. The predicted octanol–water partition coefficient (Wildman–Crippen LogP) is 3.61. The zero-order valence-electron chi connectivity index (χ0n) is 7.77. The first-order chi connectivity index (χ1) is 6.61. The highest BCUT2D eigenvalue weighted by molar-refractivity contribution is 9.09. The van der Waals surface area contributed by atoms with Crippen molar-refractivity contribution in [2.24, 2.45) is 0 Å². The molecular formula is C9H10BrCl2NO. The number of hydrogen-bond donors (Lipinski definition) is 1. The maximum Gasteiger partial charge on any atom is 0.139 e. The van der Waals surface area contributed by atoms with Gasteiger partial charge in [-0.05, 0) is 13.1 Å². The van der Waals surface area contributed by atoms with Crippen molar-refractivity contribution >= 4 is 39.1 Å². The van der Waals surface area contributed by atoms with E-state index in [1.54, 1.807) is 13.2 Å². The Morgan fingerprint density at radius 3 is 2.50 bits per heavy atom. The second kappa shape index (κ2) is 5.21. The molecule has 1 aromatic carbocycles. The van der Waals surface area contributed by atoms with Gasteiger partial charge < -0.3 is 10.1 Å². The molecule has 0 heterocycles. The fourth-order valence-electron chi connectivity index (χ4n) is 1.06. The van der Waals surface area contributed by atoms with Gasteiger partial charge in [0.25, 0.3) is 0 Å². The van der Waals surface area contributed by atoms with Crippen molar-refractivity contribution in [3.05, 3.63) is 27.7 Å². The third-order valence-electron chi connectivity index (χ3n) is 1.82. The molecule has 0 aromatic heterocycles. The molecule has 2 nitrogen and oxygen atoms in total. The van der Waals surface area contributed by atoms with Crippen LogP contribution in [-0.4, -0.2) is 14.2 Å². The van der Waals surface area contributed by atoms with Crippen LogP contribution in [0, 0.1) is 0 Å². The van der Waals surface area contributed by atoms with Crippen molar-refractivity contribution in [1.82, 2.24) is 5.32 Å². The Hall–Kier alpha value is 0.0400. The van der Waals surface area contributed by atoms with E-state index in [9.17, 15) is 0 Å². The number of hydrogen-bond acceptors (Lipinski definition) is 2. The van der Waals surface area contributed by atoms with Crippen LogP contribution in [0.2, 0.25) is 10.0 Å². The van der Waals surface area contributed by atoms with Crippen molar-refractivity contribution in [2.75, 3.05) is 14.2 Å². The van der Waals surface area contributed by atoms with Crippen LogP contribution in [0.25, 0.3) is 0 Å². The molecule has 0 aliphatic rings. The summed E-state index contributed by atoms with van der Waals surface area (Å²) < 4.78 is 5.04. The summed E-state index contributed by atoms with van der Waals surface area (Å²) in [5.74, 6) is 0.580. The molecule has 5 heteroatoms. The summed E-state index contributed by atoms with van der Waals surface area (Å²) >= 11 is 15.5. The molecule has 0 saturated carbocycles. The Bertz CT molecular complexity index is 333. The highest BCUT2D eigenvalue weighted by Crippen LogP contribution is 2.38. The van der Waals surface area contributed by atoms with Crippen molar-refractivity contribution in [3.8, 4) is 5.75 Å². The molecule has 1 aromatic rings. The molecule has 0 saturated heterocycles. The minimum atomic E-state index is -0.0154. The van der Waals surface area contributed by atoms with E-state index in [1.807, 2.05) is 13.1 Å². The number of halogens is 3. The quantitative estimate of drug-likeness (QED) is 0.680. The zero-order valence-corrected chi connectivity index (χ0v) is 10.9. The third kappa shape index (κ3) is 2.34. The van der Waals surface area contributed by atoms with E-state index >= 15 is 0 Å². The maximum atomic E-state index is 6.07. The number of ether oxygens (including phenoxy) is 1. The standard InChI is InChI=1S/C9H10BrCl2NO/c1-13-9(10)5-3-4-6(14-2)8(12)7(5)11/h3-4,9,13H,1-2H3. The zero-order chi connectivity index (χ0) is 10.7. The van der Waals surface area contributed by atoms with Crippen LogP contribution in [0.3, 0.4) is 0 Å². The lowest BCUT2D eigenvalue weighted by molar-refractivity contribution is 0.415. The summed E-state index contributed by atoms with van der Waals surface area (Å²) in [7, 11) is 3.38. The van der Waals surface area contributed by atoms with E-state index in [4.69, 9.17) is 27.9 Å². The second-order valence-electron chi connectivity index (χ2n) is 2.64. The van der Waals surface area contributed by atoms with Gasteiger partial charge in [-0.1, -0.05) is 45.2 Å². The van der Waals surface area contributed by atoms with Gasteiger partial charge in [0.1, 0.15) is 10.8 Å². The lowest BCUT2D eigenvalue weighted by Gasteiger charge is -2.13. The Morgan fingerprint density at radius 1 is 1.36 bits per heavy atom. The first-order valence-electron chi connectivity index (χ1n) is 3.95. The molecule has 1 unspecified atom stereocenters. The van der Waals surface area contributed by atoms with Gasteiger partial charge in [0.05, 0.1) is 17.1 Å². The van der Waals surface area contributed by atoms with Gasteiger partial charge in [-0.25, -0.2) is 0 Å². The summed E-state index contributed by atoms with van der Waals surface area (Å²) in [6, 6.07) is 3.65. The Kier molecular flexibility index (Phi) is 4.51. The Labute approximate surface area is 102 Å². The summed E-state index contributed by atoms with van der Waals surface area (Å²) in [4.78, 5) is -0.0154. The average molecular weight is 299 g/mol. The van der Waals surface area contributed by atoms with Gasteiger partial charge >= 0.3 is 0 Å². The summed E-state index contributed by atoms with van der Waals surface area (Å²) in [6.45, 7) is 0. The van der Waals surface area contributed by atoms with E-state index in [2.05, 4.69) is 21.2 Å². The van der Waals surface area contributed by atoms with Crippen LogP contribution in [-0.2, 0) is 0 Å². The van der Waals surface area contributed by atoms with E-state index in [0.29, 0.717) is 15.8 Å². The van der Waals surface area contributed by atoms with E-state index < -0.39 is 0 Å². The highest BCUT2D eigenvalue weighted by Gasteiger charge is 2.14. The molecule has 0 aliphatic carbocycles. The van der Waals surface area contributed by atoms with Crippen molar-refractivity contribution in [2.45, 2.75) is 4.95 Å². The molecule has 1 N–H and O–H groups in total. The first kappa shape index (κ1) is 12.1. The van der Waals surface area contributed by atoms with Crippen molar-refractivity contribution in [3.63, 3.8) is 0 Å². The molecular weight excluding hydrogens is 289 g/mol. The molecule has 0 amide bonds. The maximum absolute atomic E-state index is 6.07. The number of methoxy groups -OCH3 is 1. The first-order valence-corrected chi connectivity index (χ1v) is 5.62. The highest BCUT2D eigenvalue weighted by atomic mass is 79.9. The van der Waals surface area contributed by atoms with Gasteiger partial charge in [-0.15, -0.1) is 0 Å². The van der Waals surface area contributed by atoms with Gasteiger partial charge in [0, 0.05) is 5.56 Å². The van der Waals surface area contributed by atoms with Crippen LogP contribution in [0.5, 0.6) is 5.75 Å². The minimum absolute atomic E-state index is 0.0154. The van der Waals surface area contributed by atoms with Gasteiger partial charge in [0.2, 0.25) is 0 Å². The third-order valence-corrected chi connectivity index (χ3v) is 3.65. The van der Waals surface area contributed by atoms with Gasteiger partial charge in [-0.3, -0.25) is 0 Å². The Balaban J connectivity index is 3.17.